The van der Waals surface area contributed by atoms with Gasteiger partial charge in [0.15, 0.2) is 5.96 Å². The Balaban J connectivity index is 1.86. The Labute approximate surface area is 128 Å². The first-order chi connectivity index (χ1) is 9.95. The maximum atomic E-state index is 6.14. The lowest BCUT2D eigenvalue weighted by Gasteiger charge is -2.31. The maximum Gasteiger partial charge on any atom is 0.191 e. The summed E-state index contributed by atoms with van der Waals surface area (Å²) in [6, 6.07) is 2.11. The first-order valence-electron chi connectivity index (χ1n) is 8.01. The summed E-state index contributed by atoms with van der Waals surface area (Å²) in [5.41, 5.74) is 8.42. The van der Waals surface area contributed by atoms with Crippen molar-refractivity contribution < 1.29 is 0 Å². The Morgan fingerprint density at radius 1 is 1.52 bits per heavy atom. The van der Waals surface area contributed by atoms with E-state index < -0.39 is 0 Å². The van der Waals surface area contributed by atoms with Gasteiger partial charge in [-0.25, -0.2) is 0 Å². The molecule has 2 rings (SSSR count). The molecule has 1 aromatic rings. The largest absolute Gasteiger partial charge is 0.370 e. The molecule has 118 valence electrons. The normalized spacial score (nSPS) is 21.6. The summed E-state index contributed by atoms with van der Waals surface area (Å²) in [6.07, 6.45) is 2.52. The van der Waals surface area contributed by atoms with Gasteiger partial charge in [0, 0.05) is 31.9 Å². The van der Waals surface area contributed by atoms with Gasteiger partial charge in [0.1, 0.15) is 0 Å². The van der Waals surface area contributed by atoms with Crippen LogP contribution in [0.4, 0.5) is 0 Å². The van der Waals surface area contributed by atoms with Crippen LogP contribution in [0.2, 0.25) is 0 Å². The number of piperidine rings is 1. The van der Waals surface area contributed by atoms with E-state index >= 15 is 0 Å². The highest BCUT2D eigenvalue weighted by Crippen LogP contribution is 2.15. The molecule has 0 radical (unpaired) electrons. The van der Waals surface area contributed by atoms with E-state index in [1.54, 1.807) is 0 Å². The molecule has 2 unspecified atom stereocenters. The van der Waals surface area contributed by atoms with Gasteiger partial charge in [0.05, 0.1) is 5.69 Å². The van der Waals surface area contributed by atoms with E-state index in [-0.39, 0.29) is 0 Å². The van der Waals surface area contributed by atoms with Crippen LogP contribution in [0.5, 0.6) is 0 Å². The minimum atomic E-state index is 0.434. The second-order valence-corrected chi connectivity index (χ2v) is 6.61. The van der Waals surface area contributed by atoms with Gasteiger partial charge in [0.25, 0.3) is 0 Å². The summed E-state index contributed by atoms with van der Waals surface area (Å²) in [5.74, 6) is 1.87. The lowest BCUT2D eigenvalue weighted by molar-refractivity contribution is 0.269. The quantitative estimate of drug-likeness (QED) is 0.683. The lowest BCUT2D eigenvalue weighted by Crippen LogP contribution is -2.43. The number of likely N-dealkylation sites (tertiary alicyclic amines) is 1. The summed E-state index contributed by atoms with van der Waals surface area (Å²) < 4.78 is 2.06. The van der Waals surface area contributed by atoms with Crippen LogP contribution in [0.25, 0.3) is 0 Å². The second-order valence-electron chi connectivity index (χ2n) is 6.61. The number of aromatic nitrogens is 2. The fourth-order valence-corrected chi connectivity index (χ4v) is 2.96. The molecule has 0 aliphatic carbocycles. The van der Waals surface area contributed by atoms with Crippen LogP contribution < -0.4 is 5.73 Å². The average Bonchev–Trinajstić information content (AvgIpc) is 2.74. The predicted octanol–water partition coefficient (Wildman–Crippen LogP) is 2.18. The Bertz CT molecular complexity index is 491. The highest BCUT2D eigenvalue weighted by atomic mass is 15.3. The van der Waals surface area contributed by atoms with Gasteiger partial charge in [-0.1, -0.05) is 13.8 Å². The SMILES string of the molecule is Cc1cc(C)n(CC(C)CN=C(N)N2CCCC(C)C2)n1. The molecule has 2 N–H and O–H groups in total. The zero-order chi connectivity index (χ0) is 15.4. The van der Waals surface area contributed by atoms with E-state index in [4.69, 9.17) is 5.73 Å². The molecule has 0 bridgehead atoms. The average molecular weight is 291 g/mol. The van der Waals surface area contributed by atoms with E-state index in [9.17, 15) is 0 Å². The lowest BCUT2D eigenvalue weighted by atomic mass is 10.0. The van der Waals surface area contributed by atoms with Crippen LogP contribution in [0, 0.1) is 25.7 Å². The summed E-state index contributed by atoms with van der Waals surface area (Å²) >= 11 is 0. The topological polar surface area (TPSA) is 59.4 Å². The predicted molar refractivity (Wildman–Crippen MR) is 87.3 cm³/mol. The van der Waals surface area contributed by atoms with Crippen LogP contribution in [-0.4, -0.2) is 40.3 Å². The molecule has 1 fully saturated rings. The van der Waals surface area contributed by atoms with Crippen molar-refractivity contribution in [2.75, 3.05) is 19.6 Å². The molecule has 5 heteroatoms. The third-order valence-electron chi connectivity index (χ3n) is 4.13. The third-order valence-corrected chi connectivity index (χ3v) is 4.13. The van der Waals surface area contributed by atoms with Crippen LogP contribution in [-0.2, 0) is 6.54 Å². The third kappa shape index (κ3) is 4.48. The van der Waals surface area contributed by atoms with Crippen molar-refractivity contribution in [3.05, 3.63) is 17.5 Å². The van der Waals surface area contributed by atoms with E-state index in [1.807, 2.05) is 6.92 Å². The zero-order valence-corrected chi connectivity index (χ0v) is 13.8. The molecule has 1 aliphatic heterocycles. The molecule has 0 saturated carbocycles. The Kier molecular flexibility index (Phi) is 5.26. The number of nitrogens with two attached hydrogens (primary N) is 1. The van der Waals surface area contributed by atoms with Crippen molar-refractivity contribution in [2.24, 2.45) is 22.6 Å². The number of aliphatic imine (C=N–C) groups is 1. The standard InChI is InChI=1S/C16H29N5/c1-12-6-5-7-20(10-12)16(17)18-9-13(2)11-21-15(4)8-14(3)19-21/h8,12-13H,5-7,9-11H2,1-4H3,(H2,17,18). The molecule has 0 aromatic carbocycles. The van der Waals surface area contributed by atoms with Crippen molar-refractivity contribution in [3.63, 3.8) is 0 Å². The van der Waals surface area contributed by atoms with Crippen molar-refractivity contribution >= 4 is 5.96 Å². The van der Waals surface area contributed by atoms with Crippen molar-refractivity contribution in [1.29, 1.82) is 0 Å². The van der Waals surface area contributed by atoms with Crippen molar-refractivity contribution in [1.82, 2.24) is 14.7 Å². The van der Waals surface area contributed by atoms with Crippen LogP contribution in [0.15, 0.2) is 11.1 Å². The molecule has 5 nitrogen and oxygen atoms in total. The van der Waals surface area contributed by atoms with E-state index in [0.29, 0.717) is 11.9 Å². The van der Waals surface area contributed by atoms with Gasteiger partial charge < -0.3 is 10.6 Å². The number of aryl methyl sites for hydroxylation is 2. The van der Waals surface area contributed by atoms with Gasteiger partial charge in [-0.15, -0.1) is 0 Å². The molecular formula is C16H29N5. The van der Waals surface area contributed by atoms with Crippen molar-refractivity contribution in [3.8, 4) is 0 Å². The maximum absolute atomic E-state index is 6.14. The summed E-state index contributed by atoms with van der Waals surface area (Å²) in [6.45, 7) is 12.4. The molecule has 21 heavy (non-hydrogen) atoms. The molecule has 0 amide bonds. The number of hydrogen-bond donors (Lipinski definition) is 1. The molecule has 0 spiro atoms. The van der Waals surface area contributed by atoms with Gasteiger partial charge in [0.2, 0.25) is 0 Å². The summed E-state index contributed by atoms with van der Waals surface area (Å²) in [7, 11) is 0. The monoisotopic (exact) mass is 291 g/mol. The van der Waals surface area contributed by atoms with E-state index in [0.717, 1.165) is 37.8 Å². The number of rotatable bonds is 4. The van der Waals surface area contributed by atoms with Gasteiger partial charge in [-0.2, -0.15) is 5.10 Å². The first-order valence-corrected chi connectivity index (χ1v) is 8.01. The minimum absolute atomic E-state index is 0.434. The molecule has 1 saturated heterocycles. The van der Waals surface area contributed by atoms with Crippen molar-refractivity contribution in [2.45, 2.75) is 47.1 Å². The Hall–Kier alpha value is -1.52. The molecular weight excluding hydrogens is 262 g/mol. The summed E-state index contributed by atoms with van der Waals surface area (Å²) in [5, 5.41) is 4.50. The molecule has 1 aliphatic rings. The fourth-order valence-electron chi connectivity index (χ4n) is 2.96. The minimum Gasteiger partial charge on any atom is -0.370 e. The molecule has 1 aromatic heterocycles. The highest BCUT2D eigenvalue weighted by molar-refractivity contribution is 5.78. The van der Waals surface area contributed by atoms with E-state index in [1.165, 1.54) is 18.5 Å². The fraction of sp³-hybridized carbons (Fsp3) is 0.750. The Morgan fingerprint density at radius 3 is 2.90 bits per heavy atom. The first kappa shape index (κ1) is 15.9. The van der Waals surface area contributed by atoms with Gasteiger partial charge >= 0.3 is 0 Å². The van der Waals surface area contributed by atoms with Gasteiger partial charge in [-0.05, 0) is 44.6 Å². The molecule has 2 atom stereocenters. The zero-order valence-electron chi connectivity index (χ0n) is 13.8. The number of guanidine groups is 1. The number of nitrogens with zero attached hydrogens (tertiary/aromatic N) is 4. The summed E-state index contributed by atoms with van der Waals surface area (Å²) in [4.78, 5) is 6.82. The van der Waals surface area contributed by atoms with E-state index in [2.05, 4.69) is 46.5 Å². The number of hydrogen-bond acceptors (Lipinski definition) is 2. The smallest absolute Gasteiger partial charge is 0.191 e. The van der Waals surface area contributed by atoms with Crippen LogP contribution in [0.3, 0.4) is 0 Å². The van der Waals surface area contributed by atoms with Gasteiger partial charge in [-0.3, -0.25) is 9.67 Å². The molecule has 2 heterocycles. The highest BCUT2D eigenvalue weighted by Gasteiger charge is 2.17. The van der Waals surface area contributed by atoms with Crippen LogP contribution >= 0.6 is 0 Å². The Morgan fingerprint density at radius 2 is 2.29 bits per heavy atom. The van der Waals surface area contributed by atoms with Crippen LogP contribution in [0.1, 0.15) is 38.1 Å². The second kappa shape index (κ2) is 6.96.